The number of aryl methyl sites for hydroxylation is 3. The molecular formula is C18H18O. The Bertz CT molecular complexity index is 632. The van der Waals surface area contributed by atoms with Crippen LogP contribution >= 0.6 is 0 Å². The van der Waals surface area contributed by atoms with Gasteiger partial charge in [-0.2, -0.15) is 0 Å². The van der Waals surface area contributed by atoms with Gasteiger partial charge in [0.05, 0.1) is 0 Å². The highest BCUT2D eigenvalue weighted by atomic mass is 16.3. The molecule has 0 bridgehead atoms. The van der Waals surface area contributed by atoms with Gasteiger partial charge in [-0.25, -0.2) is 0 Å². The van der Waals surface area contributed by atoms with Crippen LogP contribution in [0.1, 0.15) is 27.8 Å². The molecule has 2 aromatic carbocycles. The minimum atomic E-state index is -1.37. The van der Waals surface area contributed by atoms with E-state index in [1.807, 2.05) is 63.2 Å². The Morgan fingerprint density at radius 2 is 1.47 bits per heavy atom. The molecule has 2 aromatic rings. The molecule has 0 aliphatic carbocycles. The normalized spacial score (nSPS) is 13.6. The molecule has 0 aliphatic rings. The number of terminal acetylenes is 1. The van der Waals surface area contributed by atoms with Gasteiger partial charge in [-0.15, -0.1) is 6.42 Å². The summed E-state index contributed by atoms with van der Waals surface area (Å²) in [6.07, 6.45) is 5.60. The minimum absolute atomic E-state index is 0.726. The fraction of sp³-hybridized carbons (Fsp3) is 0.222. The lowest BCUT2D eigenvalue weighted by Gasteiger charge is -2.24. The van der Waals surface area contributed by atoms with E-state index in [0.29, 0.717) is 0 Å². The van der Waals surface area contributed by atoms with Crippen molar-refractivity contribution in [1.29, 1.82) is 0 Å². The first-order chi connectivity index (χ1) is 8.97. The zero-order valence-electron chi connectivity index (χ0n) is 11.6. The topological polar surface area (TPSA) is 20.2 Å². The van der Waals surface area contributed by atoms with Crippen LogP contribution in [0.5, 0.6) is 0 Å². The van der Waals surface area contributed by atoms with Crippen molar-refractivity contribution in [1.82, 2.24) is 0 Å². The van der Waals surface area contributed by atoms with Gasteiger partial charge in [0.15, 0.2) is 5.60 Å². The smallest absolute Gasteiger partial charge is 0.176 e. The van der Waals surface area contributed by atoms with Gasteiger partial charge in [-0.05, 0) is 31.9 Å². The summed E-state index contributed by atoms with van der Waals surface area (Å²) < 4.78 is 0. The lowest BCUT2D eigenvalue weighted by molar-refractivity contribution is 0.145. The van der Waals surface area contributed by atoms with E-state index in [4.69, 9.17) is 6.42 Å². The molecule has 0 aliphatic heterocycles. The van der Waals surface area contributed by atoms with Crippen molar-refractivity contribution in [3.63, 3.8) is 0 Å². The van der Waals surface area contributed by atoms with Crippen molar-refractivity contribution in [3.05, 3.63) is 70.3 Å². The highest BCUT2D eigenvalue weighted by molar-refractivity contribution is 5.46. The molecule has 0 spiro atoms. The maximum absolute atomic E-state index is 10.8. The van der Waals surface area contributed by atoms with Crippen molar-refractivity contribution >= 4 is 0 Å². The molecule has 0 aromatic heterocycles. The van der Waals surface area contributed by atoms with E-state index in [9.17, 15) is 5.11 Å². The first kappa shape index (κ1) is 13.4. The van der Waals surface area contributed by atoms with Crippen LogP contribution in [0.3, 0.4) is 0 Å². The molecule has 1 atom stereocenters. The third-order valence-electron chi connectivity index (χ3n) is 3.60. The Kier molecular flexibility index (Phi) is 3.46. The molecule has 0 heterocycles. The largest absolute Gasteiger partial charge is 0.369 e. The van der Waals surface area contributed by atoms with Crippen LogP contribution in [0.2, 0.25) is 0 Å². The zero-order chi connectivity index (χ0) is 14.0. The molecule has 1 N–H and O–H groups in total. The second-order valence-corrected chi connectivity index (χ2v) is 5.02. The lowest BCUT2D eigenvalue weighted by Crippen LogP contribution is -2.25. The van der Waals surface area contributed by atoms with Gasteiger partial charge in [0.1, 0.15) is 0 Å². The Balaban J connectivity index is 2.56. The van der Waals surface area contributed by atoms with Crippen molar-refractivity contribution < 1.29 is 5.11 Å². The van der Waals surface area contributed by atoms with Crippen LogP contribution in [-0.2, 0) is 5.60 Å². The second kappa shape index (κ2) is 4.91. The van der Waals surface area contributed by atoms with Gasteiger partial charge in [-0.1, -0.05) is 53.9 Å². The van der Waals surface area contributed by atoms with E-state index in [1.165, 1.54) is 5.56 Å². The summed E-state index contributed by atoms with van der Waals surface area (Å²) in [5.41, 5.74) is 3.55. The third-order valence-corrected chi connectivity index (χ3v) is 3.60. The van der Waals surface area contributed by atoms with E-state index in [2.05, 4.69) is 5.92 Å². The van der Waals surface area contributed by atoms with E-state index >= 15 is 0 Å². The number of benzene rings is 2. The predicted molar refractivity (Wildman–Crippen MR) is 78.9 cm³/mol. The molecule has 0 saturated heterocycles. The molecule has 2 rings (SSSR count). The summed E-state index contributed by atoms with van der Waals surface area (Å²) in [6.45, 7) is 6.07. The molecular weight excluding hydrogens is 232 g/mol. The highest BCUT2D eigenvalue weighted by Crippen LogP contribution is 2.30. The fourth-order valence-electron chi connectivity index (χ4n) is 2.09. The summed E-state index contributed by atoms with van der Waals surface area (Å²) >= 11 is 0. The molecule has 96 valence electrons. The molecule has 0 saturated carbocycles. The van der Waals surface area contributed by atoms with Crippen molar-refractivity contribution in [2.75, 3.05) is 0 Å². The zero-order valence-corrected chi connectivity index (χ0v) is 11.6. The lowest BCUT2D eigenvalue weighted by atomic mass is 9.85. The number of rotatable bonds is 2. The van der Waals surface area contributed by atoms with Gasteiger partial charge in [0.25, 0.3) is 0 Å². The van der Waals surface area contributed by atoms with Gasteiger partial charge in [-0.3, -0.25) is 0 Å². The second-order valence-electron chi connectivity index (χ2n) is 5.02. The number of hydrogen-bond acceptors (Lipinski definition) is 1. The standard InChI is InChI=1S/C18H18O/c1-5-18(19,16-9-6-13(2)7-10-16)17-11-8-14(3)15(4)12-17/h1,6-12,19H,2-4H3. The average molecular weight is 250 g/mol. The highest BCUT2D eigenvalue weighted by Gasteiger charge is 2.29. The van der Waals surface area contributed by atoms with Crippen LogP contribution in [-0.4, -0.2) is 5.11 Å². The van der Waals surface area contributed by atoms with E-state index < -0.39 is 5.60 Å². The van der Waals surface area contributed by atoms with Crippen molar-refractivity contribution in [3.8, 4) is 12.3 Å². The Hall–Kier alpha value is -2.04. The predicted octanol–water partition coefficient (Wildman–Crippen LogP) is 3.48. The van der Waals surface area contributed by atoms with Crippen LogP contribution < -0.4 is 0 Å². The maximum Gasteiger partial charge on any atom is 0.176 e. The summed E-state index contributed by atoms with van der Waals surface area (Å²) in [6, 6.07) is 13.5. The quantitative estimate of drug-likeness (QED) is 0.809. The summed E-state index contributed by atoms with van der Waals surface area (Å²) in [5.74, 6) is 2.53. The molecule has 1 nitrogen and oxygen atoms in total. The molecule has 1 heteroatoms. The first-order valence-electron chi connectivity index (χ1n) is 6.32. The van der Waals surface area contributed by atoms with Gasteiger partial charge in [0.2, 0.25) is 0 Å². The van der Waals surface area contributed by atoms with E-state index in [1.54, 1.807) is 0 Å². The maximum atomic E-state index is 10.8. The Morgan fingerprint density at radius 3 is 2.00 bits per heavy atom. The summed E-state index contributed by atoms with van der Waals surface area (Å²) in [5, 5.41) is 10.8. The molecule has 1 unspecified atom stereocenters. The van der Waals surface area contributed by atoms with Crippen LogP contribution in [0.25, 0.3) is 0 Å². The third kappa shape index (κ3) is 2.41. The Labute approximate surface area is 114 Å². The van der Waals surface area contributed by atoms with E-state index in [0.717, 1.165) is 22.3 Å². The van der Waals surface area contributed by atoms with Crippen LogP contribution in [0, 0.1) is 33.1 Å². The fourth-order valence-corrected chi connectivity index (χ4v) is 2.09. The first-order valence-corrected chi connectivity index (χ1v) is 6.32. The van der Waals surface area contributed by atoms with Gasteiger partial charge in [0, 0.05) is 11.1 Å². The molecule has 0 radical (unpaired) electrons. The average Bonchev–Trinajstić information content (AvgIpc) is 2.42. The summed E-state index contributed by atoms with van der Waals surface area (Å²) in [4.78, 5) is 0. The Morgan fingerprint density at radius 1 is 0.895 bits per heavy atom. The van der Waals surface area contributed by atoms with Crippen LogP contribution in [0.15, 0.2) is 42.5 Å². The number of aliphatic hydroxyl groups is 1. The van der Waals surface area contributed by atoms with Gasteiger partial charge >= 0.3 is 0 Å². The minimum Gasteiger partial charge on any atom is -0.369 e. The van der Waals surface area contributed by atoms with Crippen molar-refractivity contribution in [2.24, 2.45) is 0 Å². The SMILES string of the molecule is C#CC(O)(c1ccc(C)cc1)c1ccc(C)c(C)c1. The molecule has 0 amide bonds. The van der Waals surface area contributed by atoms with Crippen LogP contribution in [0.4, 0.5) is 0 Å². The van der Waals surface area contributed by atoms with E-state index in [-0.39, 0.29) is 0 Å². The van der Waals surface area contributed by atoms with Gasteiger partial charge < -0.3 is 5.11 Å². The number of hydrogen-bond donors (Lipinski definition) is 1. The summed E-state index contributed by atoms with van der Waals surface area (Å²) in [7, 11) is 0. The molecule has 0 fully saturated rings. The van der Waals surface area contributed by atoms with Crippen molar-refractivity contribution in [2.45, 2.75) is 26.4 Å². The monoisotopic (exact) mass is 250 g/mol. The molecule has 19 heavy (non-hydrogen) atoms.